The average Bonchev–Trinajstić information content (AvgIpc) is 2.83. The van der Waals surface area contributed by atoms with E-state index in [9.17, 15) is 0 Å². The van der Waals surface area contributed by atoms with Crippen molar-refractivity contribution < 1.29 is 4.74 Å². The third-order valence-corrected chi connectivity index (χ3v) is 3.57. The van der Waals surface area contributed by atoms with Crippen LogP contribution in [-0.2, 0) is 4.74 Å². The lowest BCUT2D eigenvalue weighted by Crippen LogP contribution is -2.27. The minimum Gasteiger partial charge on any atom is -0.381 e. The molecule has 1 aliphatic rings. The fourth-order valence-electron chi connectivity index (χ4n) is 2.27. The second kappa shape index (κ2) is 6.39. The van der Waals surface area contributed by atoms with Crippen LogP contribution in [0.25, 0.3) is 0 Å². The monoisotopic (exact) mass is 253 g/mol. The van der Waals surface area contributed by atoms with Crippen molar-refractivity contribution in [1.82, 2.24) is 5.32 Å². The topological polar surface area (TPSA) is 21.3 Å². The van der Waals surface area contributed by atoms with Gasteiger partial charge in [0, 0.05) is 24.2 Å². The van der Waals surface area contributed by atoms with Gasteiger partial charge in [-0.05, 0) is 36.5 Å². The highest BCUT2D eigenvalue weighted by molar-refractivity contribution is 6.30. The fraction of sp³-hybridized carbons (Fsp3) is 0.571. The van der Waals surface area contributed by atoms with Gasteiger partial charge in [0.25, 0.3) is 0 Å². The first kappa shape index (κ1) is 12.9. The predicted octanol–water partition coefficient (Wildman–Crippen LogP) is 3.42. The van der Waals surface area contributed by atoms with Gasteiger partial charge in [0.1, 0.15) is 0 Å². The molecule has 1 heterocycles. The van der Waals surface area contributed by atoms with Crippen molar-refractivity contribution in [1.29, 1.82) is 0 Å². The highest BCUT2D eigenvalue weighted by Gasteiger charge is 2.17. The standard InChI is InChI=1S/C14H20ClNO/c1-2-14(12-4-3-5-13(15)8-12)16-9-11-6-7-17-10-11/h3-5,8,11,14,16H,2,6-7,9-10H2,1H3. The van der Waals surface area contributed by atoms with Crippen molar-refractivity contribution >= 4 is 11.6 Å². The Balaban J connectivity index is 1.91. The molecule has 0 bridgehead atoms. The zero-order chi connectivity index (χ0) is 12.1. The highest BCUT2D eigenvalue weighted by atomic mass is 35.5. The van der Waals surface area contributed by atoms with E-state index in [2.05, 4.69) is 18.3 Å². The summed E-state index contributed by atoms with van der Waals surface area (Å²) in [4.78, 5) is 0. The summed E-state index contributed by atoms with van der Waals surface area (Å²) >= 11 is 6.03. The van der Waals surface area contributed by atoms with E-state index in [1.54, 1.807) is 0 Å². The number of hydrogen-bond donors (Lipinski definition) is 1. The molecule has 17 heavy (non-hydrogen) atoms. The molecule has 2 unspecified atom stereocenters. The molecule has 1 aromatic carbocycles. The number of rotatable bonds is 5. The zero-order valence-corrected chi connectivity index (χ0v) is 11.0. The maximum atomic E-state index is 6.03. The summed E-state index contributed by atoms with van der Waals surface area (Å²) in [6.07, 6.45) is 2.26. The summed E-state index contributed by atoms with van der Waals surface area (Å²) in [5.41, 5.74) is 1.28. The van der Waals surface area contributed by atoms with E-state index in [0.29, 0.717) is 12.0 Å². The smallest absolute Gasteiger partial charge is 0.0507 e. The van der Waals surface area contributed by atoms with Gasteiger partial charge in [-0.25, -0.2) is 0 Å². The molecule has 1 aliphatic heterocycles. The molecule has 3 heteroatoms. The number of halogens is 1. The molecule has 2 rings (SSSR count). The van der Waals surface area contributed by atoms with Crippen LogP contribution in [0.5, 0.6) is 0 Å². The summed E-state index contributed by atoms with van der Waals surface area (Å²) < 4.78 is 5.39. The number of benzene rings is 1. The summed E-state index contributed by atoms with van der Waals surface area (Å²) in [6.45, 7) is 5.05. The summed E-state index contributed by atoms with van der Waals surface area (Å²) in [5.74, 6) is 0.670. The molecule has 0 amide bonds. The molecule has 0 aromatic heterocycles. The van der Waals surface area contributed by atoms with Gasteiger partial charge in [-0.1, -0.05) is 30.7 Å². The first-order chi connectivity index (χ1) is 8.29. The third-order valence-electron chi connectivity index (χ3n) is 3.34. The summed E-state index contributed by atoms with van der Waals surface area (Å²) in [5, 5.41) is 4.43. The van der Waals surface area contributed by atoms with Gasteiger partial charge in [-0.3, -0.25) is 0 Å². The number of nitrogens with one attached hydrogen (secondary N) is 1. The van der Waals surface area contributed by atoms with E-state index in [-0.39, 0.29) is 0 Å². The molecule has 1 fully saturated rings. The van der Waals surface area contributed by atoms with E-state index in [1.807, 2.05) is 18.2 Å². The van der Waals surface area contributed by atoms with Gasteiger partial charge in [-0.15, -0.1) is 0 Å². The highest BCUT2D eigenvalue weighted by Crippen LogP contribution is 2.21. The van der Waals surface area contributed by atoms with Crippen molar-refractivity contribution in [2.24, 2.45) is 5.92 Å². The van der Waals surface area contributed by atoms with Crippen LogP contribution in [0.1, 0.15) is 31.4 Å². The Kier molecular flexibility index (Phi) is 4.84. The Morgan fingerprint density at radius 1 is 1.53 bits per heavy atom. The average molecular weight is 254 g/mol. The molecule has 0 aliphatic carbocycles. The van der Waals surface area contributed by atoms with Crippen molar-refractivity contribution in [3.05, 3.63) is 34.9 Å². The van der Waals surface area contributed by atoms with E-state index >= 15 is 0 Å². The van der Waals surface area contributed by atoms with Crippen molar-refractivity contribution in [3.63, 3.8) is 0 Å². The zero-order valence-electron chi connectivity index (χ0n) is 10.3. The molecule has 1 N–H and O–H groups in total. The quantitative estimate of drug-likeness (QED) is 0.868. The van der Waals surface area contributed by atoms with Crippen LogP contribution in [0, 0.1) is 5.92 Å². The molecule has 1 aromatic rings. The lowest BCUT2D eigenvalue weighted by molar-refractivity contribution is 0.184. The molecule has 2 atom stereocenters. The minimum atomic E-state index is 0.397. The molecule has 2 nitrogen and oxygen atoms in total. The number of ether oxygens (including phenoxy) is 1. The van der Waals surface area contributed by atoms with E-state index < -0.39 is 0 Å². The van der Waals surface area contributed by atoms with Crippen LogP contribution >= 0.6 is 11.6 Å². The largest absolute Gasteiger partial charge is 0.381 e. The summed E-state index contributed by atoms with van der Waals surface area (Å²) in [7, 11) is 0. The SMILES string of the molecule is CCC(NCC1CCOC1)c1cccc(Cl)c1. The van der Waals surface area contributed by atoms with Crippen LogP contribution in [0.3, 0.4) is 0 Å². The molecular weight excluding hydrogens is 234 g/mol. The fourth-order valence-corrected chi connectivity index (χ4v) is 2.47. The van der Waals surface area contributed by atoms with Gasteiger partial charge < -0.3 is 10.1 Å². The van der Waals surface area contributed by atoms with Crippen molar-refractivity contribution in [2.75, 3.05) is 19.8 Å². The van der Waals surface area contributed by atoms with Crippen LogP contribution in [-0.4, -0.2) is 19.8 Å². The molecule has 94 valence electrons. The van der Waals surface area contributed by atoms with E-state index in [0.717, 1.165) is 31.2 Å². The molecule has 1 saturated heterocycles. The Bertz CT molecular complexity index is 350. The Morgan fingerprint density at radius 3 is 3.06 bits per heavy atom. The predicted molar refractivity (Wildman–Crippen MR) is 71.4 cm³/mol. The lowest BCUT2D eigenvalue weighted by atomic mass is 10.0. The van der Waals surface area contributed by atoms with Gasteiger partial charge >= 0.3 is 0 Å². The van der Waals surface area contributed by atoms with Gasteiger partial charge in [0.05, 0.1) is 6.61 Å². The Labute approximate surface area is 108 Å². The van der Waals surface area contributed by atoms with E-state index in [1.165, 1.54) is 12.0 Å². The summed E-state index contributed by atoms with van der Waals surface area (Å²) in [6, 6.07) is 8.52. The molecule has 0 spiro atoms. The van der Waals surface area contributed by atoms with Crippen LogP contribution < -0.4 is 5.32 Å². The minimum absolute atomic E-state index is 0.397. The Hall–Kier alpha value is -0.570. The van der Waals surface area contributed by atoms with Crippen LogP contribution in [0.4, 0.5) is 0 Å². The maximum absolute atomic E-state index is 6.03. The maximum Gasteiger partial charge on any atom is 0.0507 e. The first-order valence-electron chi connectivity index (χ1n) is 6.36. The first-order valence-corrected chi connectivity index (χ1v) is 6.74. The second-order valence-corrected chi connectivity index (χ2v) is 5.09. The normalized spacial score (nSPS) is 21.6. The van der Waals surface area contributed by atoms with Gasteiger partial charge in [0.15, 0.2) is 0 Å². The van der Waals surface area contributed by atoms with Crippen molar-refractivity contribution in [2.45, 2.75) is 25.8 Å². The van der Waals surface area contributed by atoms with E-state index in [4.69, 9.17) is 16.3 Å². The van der Waals surface area contributed by atoms with Gasteiger partial charge in [0.2, 0.25) is 0 Å². The second-order valence-electron chi connectivity index (χ2n) is 4.65. The molecular formula is C14H20ClNO. The third kappa shape index (κ3) is 3.70. The van der Waals surface area contributed by atoms with Crippen molar-refractivity contribution in [3.8, 4) is 0 Å². The van der Waals surface area contributed by atoms with Gasteiger partial charge in [-0.2, -0.15) is 0 Å². The van der Waals surface area contributed by atoms with Crippen LogP contribution in [0.2, 0.25) is 5.02 Å². The lowest BCUT2D eigenvalue weighted by Gasteiger charge is -2.19. The van der Waals surface area contributed by atoms with Crippen LogP contribution in [0.15, 0.2) is 24.3 Å². The number of hydrogen-bond acceptors (Lipinski definition) is 2. The molecule has 0 saturated carbocycles. The Morgan fingerprint density at radius 2 is 2.41 bits per heavy atom. The molecule has 0 radical (unpaired) electrons.